The molecule has 1 aromatic carbocycles. The Labute approximate surface area is 114 Å². The quantitative estimate of drug-likeness (QED) is 0.422. The number of rotatable bonds is 2. The van der Waals surface area contributed by atoms with E-state index >= 15 is 0 Å². The molecule has 0 nitrogen and oxygen atoms in total. The van der Waals surface area contributed by atoms with Gasteiger partial charge in [0.15, 0.2) is 0 Å². The molecule has 0 aliphatic heterocycles. The second-order valence-electron chi connectivity index (χ2n) is 3.61. The van der Waals surface area contributed by atoms with Gasteiger partial charge in [0.05, 0.1) is 0 Å². The molecule has 1 heteroatoms. The van der Waals surface area contributed by atoms with Crippen LogP contribution < -0.4 is 0 Å². The minimum atomic E-state index is 0. The van der Waals surface area contributed by atoms with Crippen LogP contribution in [0.5, 0.6) is 0 Å². The maximum atomic E-state index is 3.76. The fourth-order valence-corrected chi connectivity index (χ4v) is 2.06. The molecule has 0 N–H and O–H groups in total. The van der Waals surface area contributed by atoms with Gasteiger partial charge in [0.1, 0.15) is 0 Å². The van der Waals surface area contributed by atoms with Crippen molar-refractivity contribution < 1.29 is 25.8 Å². The molecule has 0 atom stereocenters. The summed E-state index contributed by atoms with van der Waals surface area (Å²) in [6.45, 7) is 3.76. The van der Waals surface area contributed by atoms with Crippen molar-refractivity contribution in [3.05, 3.63) is 56.3 Å². The molecule has 0 amide bonds. The van der Waals surface area contributed by atoms with Gasteiger partial charge in [-0.05, 0) is 6.42 Å². The van der Waals surface area contributed by atoms with E-state index in [0.29, 0.717) is 0 Å². The first-order valence-electron chi connectivity index (χ1n) is 4.78. The van der Waals surface area contributed by atoms with Crippen LogP contribution in [-0.2, 0) is 45.1 Å². The molecule has 0 unspecified atom stereocenters. The molecule has 0 radical (unpaired) electrons. The molecule has 1 aliphatic carbocycles. The summed E-state index contributed by atoms with van der Waals surface area (Å²) in [5.41, 5.74) is 4.65. The Morgan fingerprint density at radius 1 is 1.27 bits per heavy atom. The van der Waals surface area contributed by atoms with Crippen molar-refractivity contribution in [3.63, 3.8) is 0 Å². The molecule has 84 valence electrons. The standard InChI is InChI=1S/C12H15.2CH3.Hf/c1-2-5-10-8-11-6-3-4-7-12(11)9-10;;;/h2,8-9H,1,3-7H2;2*1H3;/q3*-1;. The summed E-state index contributed by atoms with van der Waals surface area (Å²) >= 11 is 0. The SMILES string of the molecule is C=CCc1cc2c([cH-]1)CCCC2.[CH3-].[CH3-].[Hf]. The molecule has 0 heterocycles. The predicted octanol–water partition coefficient (Wildman–Crippen LogP) is 3.91. The fraction of sp³-hybridized carbons (Fsp3) is 0.357. The average Bonchev–Trinajstić information content (AvgIpc) is 2.47. The molecule has 2 rings (SSSR count). The summed E-state index contributed by atoms with van der Waals surface area (Å²) in [5, 5.41) is 0. The summed E-state index contributed by atoms with van der Waals surface area (Å²) < 4.78 is 0. The summed E-state index contributed by atoms with van der Waals surface area (Å²) in [4.78, 5) is 0. The Balaban J connectivity index is 0. The molecule has 0 bridgehead atoms. The molecular formula is C14H21Hf-3. The van der Waals surface area contributed by atoms with Gasteiger partial charge in [-0.1, -0.05) is 31.8 Å². The van der Waals surface area contributed by atoms with Crippen molar-refractivity contribution in [3.8, 4) is 0 Å². The van der Waals surface area contributed by atoms with Crippen LogP contribution in [0.25, 0.3) is 0 Å². The van der Waals surface area contributed by atoms with Gasteiger partial charge in [0.2, 0.25) is 0 Å². The van der Waals surface area contributed by atoms with Crippen LogP contribution in [0.3, 0.4) is 0 Å². The first-order valence-corrected chi connectivity index (χ1v) is 4.78. The number of aryl methyl sites for hydroxylation is 2. The van der Waals surface area contributed by atoms with Gasteiger partial charge in [0, 0.05) is 25.8 Å². The van der Waals surface area contributed by atoms with Crippen molar-refractivity contribution >= 4 is 0 Å². The van der Waals surface area contributed by atoms with Gasteiger partial charge in [0.25, 0.3) is 0 Å². The van der Waals surface area contributed by atoms with Crippen LogP contribution >= 0.6 is 0 Å². The third-order valence-electron chi connectivity index (χ3n) is 2.65. The van der Waals surface area contributed by atoms with Crippen molar-refractivity contribution in [2.75, 3.05) is 0 Å². The first kappa shape index (κ1) is 17.4. The van der Waals surface area contributed by atoms with Crippen LogP contribution in [0.4, 0.5) is 0 Å². The Morgan fingerprint density at radius 2 is 1.93 bits per heavy atom. The molecule has 1 aliphatic rings. The zero-order valence-electron chi connectivity index (χ0n) is 9.97. The second kappa shape index (κ2) is 8.15. The van der Waals surface area contributed by atoms with Crippen LogP contribution in [0.1, 0.15) is 29.5 Å². The number of hydrogen-bond acceptors (Lipinski definition) is 0. The third-order valence-corrected chi connectivity index (χ3v) is 2.65. The van der Waals surface area contributed by atoms with Crippen molar-refractivity contribution in [1.29, 1.82) is 0 Å². The summed E-state index contributed by atoms with van der Waals surface area (Å²) in [5.74, 6) is 0. The molecule has 1 aromatic rings. The molecule has 0 fully saturated rings. The van der Waals surface area contributed by atoms with E-state index in [1.54, 1.807) is 11.1 Å². The Kier molecular flexibility index (Phi) is 9.43. The number of fused-ring (bicyclic) bond motifs is 1. The largest absolute Gasteiger partial charge is 0.358 e. The zero-order chi connectivity index (χ0) is 8.39. The van der Waals surface area contributed by atoms with Crippen molar-refractivity contribution in [2.45, 2.75) is 32.1 Å². The molecular weight excluding hydrogens is 347 g/mol. The number of allylic oxidation sites excluding steroid dienone is 1. The van der Waals surface area contributed by atoms with Crippen LogP contribution in [0.15, 0.2) is 24.8 Å². The van der Waals surface area contributed by atoms with Gasteiger partial charge in [-0.15, -0.1) is 6.58 Å². The van der Waals surface area contributed by atoms with E-state index in [-0.39, 0.29) is 40.7 Å². The first-order chi connectivity index (χ1) is 5.90. The summed E-state index contributed by atoms with van der Waals surface area (Å²) in [7, 11) is 0. The van der Waals surface area contributed by atoms with Crippen molar-refractivity contribution in [2.24, 2.45) is 0 Å². The van der Waals surface area contributed by atoms with E-state index in [9.17, 15) is 0 Å². The van der Waals surface area contributed by atoms with E-state index in [4.69, 9.17) is 0 Å². The van der Waals surface area contributed by atoms with Crippen LogP contribution in [-0.4, -0.2) is 0 Å². The van der Waals surface area contributed by atoms with Gasteiger partial charge >= 0.3 is 0 Å². The second-order valence-corrected chi connectivity index (χ2v) is 3.61. The van der Waals surface area contributed by atoms with Crippen LogP contribution in [0.2, 0.25) is 0 Å². The average molecular weight is 368 g/mol. The van der Waals surface area contributed by atoms with E-state index < -0.39 is 0 Å². The normalized spacial score (nSPS) is 12.5. The molecule has 0 saturated heterocycles. The van der Waals surface area contributed by atoms with E-state index in [2.05, 4.69) is 18.7 Å². The summed E-state index contributed by atoms with van der Waals surface area (Å²) in [6.07, 6.45) is 8.38. The molecule has 15 heavy (non-hydrogen) atoms. The minimum Gasteiger partial charge on any atom is -0.358 e. The minimum absolute atomic E-state index is 0. The Hall–Kier alpha value is -0.0399. The van der Waals surface area contributed by atoms with Crippen molar-refractivity contribution in [1.82, 2.24) is 0 Å². The topological polar surface area (TPSA) is 0 Å². The van der Waals surface area contributed by atoms with Gasteiger partial charge in [-0.3, -0.25) is 0 Å². The smallest absolute Gasteiger partial charge is 0 e. The van der Waals surface area contributed by atoms with Crippen LogP contribution in [0, 0.1) is 14.9 Å². The monoisotopic (exact) mass is 369 g/mol. The zero-order valence-corrected chi connectivity index (χ0v) is 13.6. The fourth-order valence-electron chi connectivity index (χ4n) is 2.06. The van der Waals surface area contributed by atoms with Gasteiger partial charge < -0.3 is 14.9 Å². The van der Waals surface area contributed by atoms with E-state index in [0.717, 1.165) is 6.42 Å². The predicted molar refractivity (Wildman–Crippen MR) is 65.4 cm³/mol. The third kappa shape index (κ3) is 4.14. The van der Waals surface area contributed by atoms with E-state index in [1.165, 1.54) is 31.2 Å². The molecule has 0 spiro atoms. The molecule has 0 saturated carbocycles. The molecule has 0 aromatic heterocycles. The Bertz CT molecular complexity index is 260. The maximum absolute atomic E-state index is 3.76. The number of hydrogen-bond donors (Lipinski definition) is 0. The maximum Gasteiger partial charge on any atom is 0 e. The van der Waals surface area contributed by atoms with E-state index in [1.807, 2.05) is 6.08 Å². The Morgan fingerprint density at radius 3 is 2.53 bits per heavy atom. The van der Waals surface area contributed by atoms with Gasteiger partial charge in [-0.2, -0.15) is 22.8 Å². The summed E-state index contributed by atoms with van der Waals surface area (Å²) in [6, 6.07) is 4.71. The van der Waals surface area contributed by atoms with Gasteiger partial charge in [-0.25, -0.2) is 6.07 Å².